The van der Waals surface area contributed by atoms with Crippen molar-refractivity contribution in [2.24, 2.45) is 0 Å². The molecule has 2 amide bonds. The number of aromatic amines is 1. The Balaban J connectivity index is 2.10. The first-order valence-electron chi connectivity index (χ1n) is 5.57. The second-order valence-electron chi connectivity index (χ2n) is 4.16. The first-order valence-corrected chi connectivity index (χ1v) is 5.57. The first kappa shape index (κ1) is 12.1. The number of carbonyl (C=O) groups excluding carboxylic acids is 1. The van der Waals surface area contributed by atoms with E-state index in [1.165, 1.54) is 0 Å². The molecule has 18 heavy (non-hydrogen) atoms. The van der Waals surface area contributed by atoms with E-state index in [9.17, 15) is 4.79 Å². The highest BCUT2D eigenvalue weighted by Gasteiger charge is 2.09. The lowest BCUT2D eigenvalue weighted by Gasteiger charge is -2.11. The summed E-state index contributed by atoms with van der Waals surface area (Å²) in [6, 6.07) is -0.306. The first-order chi connectivity index (χ1) is 8.58. The summed E-state index contributed by atoms with van der Waals surface area (Å²) < 4.78 is 0. The summed E-state index contributed by atoms with van der Waals surface area (Å²) in [6.07, 6.45) is 5.08. The molecule has 3 N–H and O–H groups in total. The molecule has 0 aliphatic carbocycles. The Bertz CT molecular complexity index is 555. The SMILES string of the molecule is Cc1cn[nH]c1NC(=O)Nc1c(C)cncc1C. The molecule has 6 nitrogen and oxygen atoms in total. The third kappa shape index (κ3) is 2.48. The van der Waals surface area contributed by atoms with Crippen LogP contribution in [0, 0.1) is 20.8 Å². The largest absolute Gasteiger partial charge is 0.324 e. The van der Waals surface area contributed by atoms with Crippen molar-refractivity contribution in [3.05, 3.63) is 35.3 Å². The smallest absolute Gasteiger partial charge is 0.307 e. The molecular formula is C12H15N5O. The van der Waals surface area contributed by atoms with E-state index in [1.807, 2.05) is 20.8 Å². The standard InChI is InChI=1S/C12H15N5O/c1-7-4-13-5-8(2)10(7)15-12(18)16-11-9(3)6-14-17-11/h4-6H,1-3H3,(H3,13,14,15,16,17,18). The Kier molecular flexibility index (Phi) is 3.27. The molecule has 2 rings (SSSR count). The molecule has 94 valence electrons. The van der Waals surface area contributed by atoms with Gasteiger partial charge in [-0.05, 0) is 31.9 Å². The van der Waals surface area contributed by atoms with Crippen molar-refractivity contribution in [3.63, 3.8) is 0 Å². The number of nitrogens with zero attached hydrogens (tertiary/aromatic N) is 2. The summed E-state index contributed by atoms with van der Waals surface area (Å²) in [6.45, 7) is 5.66. The van der Waals surface area contributed by atoms with E-state index in [-0.39, 0.29) is 6.03 Å². The van der Waals surface area contributed by atoms with Gasteiger partial charge in [0.25, 0.3) is 0 Å². The van der Waals surface area contributed by atoms with Crippen molar-refractivity contribution in [2.75, 3.05) is 10.6 Å². The van der Waals surface area contributed by atoms with Gasteiger partial charge in [0.1, 0.15) is 5.82 Å². The van der Waals surface area contributed by atoms with Crippen LogP contribution in [0.2, 0.25) is 0 Å². The minimum Gasteiger partial charge on any atom is -0.307 e. The van der Waals surface area contributed by atoms with Gasteiger partial charge in [-0.2, -0.15) is 5.10 Å². The average molecular weight is 245 g/mol. The Hall–Kier alpha value is -2.37. The van der Waals surface area contributed by atoms with Crippen molar-refractivity contribution in [1.82, 2.24) is 15.2 Å². The van der Waals surface area contributed by atoms with Crippen molar-refractivity contribution in [3.8, 4) is 0 Å². The van der Waals surface area contributed by atoms with Crippen LogP contribution in [0.5, 0.6) is 0 Å². The molecule has 0 bridgehead atoms. The second kappa shape index (κ2) is 4.87. The minimum atomic E-state index is -0.306. The molecule has 0 atom stereocenters. The van der Waals surface area contributed by atoms with E-state index in [4.69, 9.17) is 0 Å². The Morgan fingerprint density at radius 3 is 2.28 bits per heavy atom. The van der Waals surface area contributed by atoms with Gasteiger partial charge in [0.15, 0.2) is 0 Å². The molecule has 0 aromatic carbocycles. The maximum atomic E-state index is 11.8. The van der Waals surface area contributed by atoms with Gasteiger partial charge < -0.3 is 5.32 Å². The van der Waals surface area contributed by atoms with Crippen molar-refractivity contribution >= 4 is 17.5 Å². The number of nitrogens with one attached hydrogen (secondary N) is 3. The van der Waals surface area contributed by atoms with E-state index in [2.05, 4.69) is 25.8 Å². The zero-order valence-corrected chi connectivity index (χ0v) is 10.5. The van der Waals surface area contributed by atoms with E-state index >= 15 is 0 Å². The van der Waals surface area contributed by atoms with Crippen LogP contribution >= 0.6 is 0 Å². The lowest BCUT2D eigenvalue weighted by atomic mass is 10.2. The Labute approximate surface area is 105 Å². The Morgan fingerprint density at radius 1 is 1.06 bits per heavy atom. The van der Waals surface area contributed by atoms with E-state index in [1.54, 1.807) is 18.6 Å². The van der Waals surface area contributed by atoms with Gasteiger partial charge in [-0.15, -0.1) is 0 Å². The number of hydrogen-bond donors (Lipinski definition) is 3. The number of urea groups is 1. The average Bonchev–Trinajstić information content (AvgIpc) is 2.70. The summed E-state index contributed by atoms with van der Waals surface area (Å²) in [5, 5.41) is 12.1. The molecule has 0 aliphatic rings. The number of amides is 2. The van der Waals surface area contributed by atoms with Gasteiger partial charge in [-0.25, -0.2) is 4.79 Å². The van der Waals surface area contributed by atoms with Crippen molar-refractivity contribution < 1.29 is 4.79 Å². The normalized spacial score (nSPS) is 10.2. The van der Waals surface area contributed by atoms with Crippen LogP contribution in [-0.4, -0.2) is 21.2 Å². The van der Waals surface area contributed by atoms with Crippen LogP contribution in [0.15, 0.2) is 18.6 Å². The molecule has 0 saturated carbocycles. The van der Waals surface area contributed by atoms with Crippen LogP contribution in [0.1, 0.15) is 16.7 Å². The van der Waals surface area contributed by atoms with Crippen molar-refractivity contribution in [1.29, 1.82) is 0 Å². The number of H-pyrrole nitrogens is 1. The number of anilines is 2. The van der Waals surface area contributed by atoms with Gasteiger partial charge >= 0.3 is 6.03 Å². The van der Waals surface area contributed by atoms with Crippen LogP contribution in [0.4, 0.5) is 16.3 Å². The van der Waals surface area contributed by atoms with Crippen LogP contribution in [-0.2, 0) is 0 Å². The quantitative estimate of drug-likeness (QED) is 0.759. The summed E-state index contributed by atoms with van der Waals surface area (Å²) in [7, 11) is 0. The van der Waals surface area contributed by atoms with Gasteiger partial charge in [-0.3, -0.25) is 15.4 Å². The number of aromatic nitrogens is 3. The monoisotopic (exact) mass is 245 g/mol. The number of pyridine rings is 1. The molecule has 2 aromatic rings. The lowest BCUT2D eigenvalue weighted by molar-refractivity contribution is 0.262. The zero-order valence-electron chi connectivity index (χ0n) is 10.5. The fourth-order valence-corrected chi connectivity index (χ4v) is 1.63. The van der Waals surface area contributed by atoms with E-state index < -0.39 is 0 Å². The molecule has 6 heteroatoms. The molecule has 0 spiro atoms. The highest BCUT2D eigenvalue weighted by Crippen LogP contribution is 2.18. The summed E-state index contributed by atoms with van der Waals surface area (Å²) in [5.41, 5.74) is 3.51. The lowest BCUT2D eigenvalue weighted by Crippen LogP contribution is -2.21. The third-order valence-corrected chi connectivity index (χ3v) is 2.63. The number of aryl methyl sites for hydroxylation is 3. The maximum Gasteiger partial charge on any atom is 0.324 e. The topological polar surface area (TPSA) is 82.7 Å². The van der Waals surface area contributed by atoms with Gasteiger partial charge in [0.2, 0.25) is 0 Å². The van der Waals surface area contributed by atoms with Crippen molar-refractivity contribution in [2.45, 2.75) is 20.8 Å². The Morgan fingerprint density at radius 2 is 1.72 bits per heavy atom. The highest BCUT2D eigenvalue weighted by atomic mass is 16.2. The van der Waals surface area contributed by atoms with Crippen LogP contribution < -0.4 is 10.6 Å². The number of hydrogen-bond acceptors (Lipinski definition) is 3. The summed E-state index contributed by atoms with van der Waals surface area (Å²) in [4.78, 5) is 15.9. The molecule has 0 fully saturated rings. The summed E-state index contributed by atoms with van der Waals surface area (Å²) in [5.74, 6) is 0.594. The number of rotatable bonds is 2. The predicted molar refractivity (Wildman–Crippen MR) is 69.7 cm³/mol. The molecule has 2 heterocycles. The molecule has 0 unspecified atom stereocenters. The van der Waals surface area contributed by atoms with Gasteiger partial charge in [0.05, 0.1) is 11.9 Å². The van der Waals surface area contributed by atoms with Crippen LogP contribution in [0.25, 0.3) is 0 Å². The predicted octanol–water partition coefficient (Wildman–Crippen LogP) is 2.37. The minimum absolute atomic E-state index is 0.306. The second-order valence-corrected chi connectivity index (χ2v) is 4.16. The van der Waals surface area contributed by atoms with Gasteiger partial charge in [0, 0.05) is 18.0 Å². The molecule has 0 radical (unpaired) electrons. The molecule has 0 aliphatic heterocycles. The van der Waals surface area contributed by atoms with E-state index in [0.29, 0.717) is 5.82 Å². The zero-order chi connectivity index (χ0) is 13.1. The molecule has 2 aromatic heterocycles. The molecular weight excluding hydrogens is 230 g/mol. The molecule has 0 saturated heterocycles. The maximum absolute atomic E-state index is 11.8. The third-order valence-electron chi connectivity index (χ3n) is 2.63. The fourth-order valence-electron chi connectivity index (χ4n) is 1.63. The summed E-state index contributed by atoms with van der Waals surface area (Å²) >= 11 is 0. The highest BCUT2D eigenvalue weighted by molar-refractivity contribution is 6.00. The van der Waals surface area contributed by atoms with Gasteiger partial charge in [-0.1, -0.05) is 0 Å². The fraction of sp³-hybridized carbons (Fsp3) is 0.250. The van der Waals surface area contributed by atoms with Crippen LogP contribution in [0.3, 0.4) is 0 Å². The van der Waals surface area contributed by atoms with E-state index in [0.717, 1.165) is 22.4 Å². The number of carbonyl (C=O) groups is 1.